The van der Waals surface area contributed by atoms with Crippen molar-refractivity contribution in [2.45, 2.75) is 24.3 Å². The summed E-state index contributed by atoms with van der Waals surface area (Å²) in [5.41, 5.74) is 0. The minimum absolute atomic E-state index is 0.0150. The number of carbonyl (C=O) groups excluding carboxylic acids is 1. The van der Waals surface area contributed by atoms with Crippen molar-refractivity contribution in [3.8, 4) is 0 Å². The summed E-state index contributed by atoms with van der Waals surface area (Å²) >= 11 is 4.91. The highest BCUT2D eigenvalue weighted by Crippen LogP contribution is 2.20. The molecular formula is C14H16BrN3OS. The molecule has 0 spiro atoms. The minimum Gasteiger partial charge on any atom is -0.347 e. The van der Waals surface area contributed by atoms with Gasteiger partial charge in [-0.15, -0.1) is 11.8 Å². The molecule has 0 aliphatic rings. The number of benzene rings is 1. The summed E-state index contributed by atoms with van der Waals surface area (Å²) < 4.78 is 1.04. The number of nitrogens with zero attached hydrogens (tertiary/aromatic N) is 1. The van der Waals surface area contributed by atoms with Gasteiger partial charge in [0, 0.05) is 21.8 Å². The maximum atomic E-state index is 12.0. The first-order valence-corrected chi connectivity index (χ1v) is 8.14. The first kappa shape index (κ1) is 15.1. The number of hydrogen-bond acceptors (Lipinski definition) is 3. The Bertz CT molecular complexity index is 542. The number of imidazole rings is 1. The van der Waals surface area contributed by atoms with Crippen molar-refractivity contribution in [1.82, 2.24) is 15.3 Å². The minimum atomic E-state index is -0.0528. The van der Waals surface area contributed by atoms with Gasteiger partial charge in [0.1, 0.15) is 5.82 Å². The second kappa shape index (κ2) is 7.50. The van der Waals surface area contributed by atoms with E-state index in [2.05, 4.69) is 31.2 Å². The van der Waals surface area contributed by atoms with Crippen LogP contribution in [0.25, 0.3) is 0 Å². The van der Waals surface area contributed by atoms with Crippen LogP contribution in [0.1, 0.15) is 25.2 Å². The fraction of sp³-hybridized carbons (Fsp3) is 0.286. The molecule has 1 aromatic heterocycles. The molecule has 0 fully saturated rings. The van der Waals surface area contributed by atoms with Gasteiger partial charge in [0.25, 0.3) is 0 Å². The smallest absolute Gasteiger partial charge is 0.230 e. The van der Waals surface area contributed by atoms with Crippen LogP contribution in [-0.4, -0.2) is 21.6 Å². The number of rotatable bonds is 6. The molecule has 0 radical (unpaired) electrons. The molecule has 0 aliphatic carbocycles. The Morgan fingerprint density at radius 3 is 2.80 bits per heavy atom. The Hall–Kier alpha value is -1.27. The lowest BCUT2D eigenvalue weighted by atomic mass is 10.2. The molecule has 2 rings (SSSR count). The topological polar surface area (TPSA) is 57.8 Å². The second-order valence-electron chi connectivity index (χ2n) is 4.25. The molecule has 0 aliphatic heterocycles. The zero-order chi connectivity index (χ0) is 14.4. The van der Waals surface area contributed by atoms with Gasteiger partial charge in [0.05, 0.1) is 11.8 Å². The summed E-state index contributed by atoms with van der Waals surface area (Å²) in [7, 11) is 0. The number of amides is 1. The Morgan fingerprint density at radius 2 is 2.20 bits per heavy atom. The standard InChI is InChI=1S/C14H16BrN3OS/c1-2-12(14-16-7-8-17-14)18-13(19)9-20-11-5-3-10(15)4-6-11/h3-8,12H,2,9H2,1H3,(H,16,17)(H,18,19). The number of hydrogen-bond donors (Lipinski definition) is 2. The predicted octanol–water partition coefficient (Wildman–Crippen LogP) is 3.53. The molecule has 1 atom stereocenters. The molecule has 1 heterocycles. The van der Waals surface area contributed by atoms with E-state index in [0.717, 1.165) is 21.6 Å². The number of thioether (sulfide) groups is 1. The van der Waals surface area contributed by atoms with E-state index in [4.69, 9.17) is 0 Å². The van der Waals surface area contributed by atoms with Crippen LogP contribution in [0.5, 0.6) is 0 Å². The number of carbonyl (C=O) groups is 1. The van der Waals surface area contributed by atoms with Crippen molar-refractivity contribution < 1.29 is 4.79 Å². The van der Waals surface area contributed by atoms with Crippen LogP contribution in [0.2, 0.25) is 0 Å². The van der Waals surface area contributed by atoms with Gasteiger partial charge in [0.2, 0.25) is 5.91 Å². The Labute approximate surface area is 130 Å². The molecule has 0 saturated carbocycles. The van der Waals surface area contributed by atoms with Crippen molar-refractivity contribution in [1.29, 1.82) is 0 Å². The van der Waals surface area contributed by atoms with Crippen LogP contribution in [0, 0.1) is 0 Å². The molecule has 1 aromatic carbocycles. The van der Waals surface area contributed by atoms with Crippen molar-refractivity contribution in [3.05, 3.63) is 47.0 Å². The predicted molar refractivity (Wildman–Crippen MR) is 84.6 cm³/mol. The van der Waals surface area contributed by atoms with Crippen LogP contribution in [0.15, 0.2) is 46.0 Å². The van der Waals surface area contributed by atoms with Gasteiger partial charge in [-0.3, -0.25) is 4.79 Å². The highest BCUT2D eigenvalue weighted by Gasteiger charge is 2.14. The summed E-state index contributed by atoms with van der Waals surface area (Å²) in [6, 6.07) is 7.87. The largest absolute Gasteiger partial charge is 0.347 e. The van der Waals surface area contributed by atoms with Gasteiger partial charge in [-0.2, -0.15) is 0 Å². The van der Waals surface area contributed by atoms with E-state index in [0.29, 0.717) is 5.75 Å². The molecule has 4 nitrogen and oxygen atoms in total. The molecule has 1 amide bonds. The molecule has 2 N–H and O–H groups in total. The van der Waals surface area contributed by atoms with E-state index in [1.54, 1.807) is 12.4 Å². The van der Waals surface area contributed by atoms with Gasteiger partial charge >= 0.3 is 0 Å². The van der Waals surface area contributed by atoms with Crippen molar-refractivity contribution in [2.24, 2.45) is 0 Å². The number of aromatic nitrogens is 2. The van der Waals surface area contributed by atoms with E-state index < -0.39 is 0 Å². The summed E-state index contributed by atoms with van der Waals surface area (Å²) in [6.45, 7) is 2.02. The molecule has 0 saturated heterocycles. The molecule has 0 bridgehead atoms. The Kier molecular flexibility index (Phi) is 5.67. The second-order valence-corrected chi connectivity index (χ2v) is 6.21. The fourth-order valence-corrected chi connectivity index (χ4v) is 2.72. The lowest BCUT2D eigenvalue weighted by Crippen LogP contribution is -2.30. The molecule has 106 valence electrons. The average molecular weight is 354 g/mol. The van der Waals surface area contributed by atoms with Crippen LogP contribution >= 0.6 is 27.7 Å². The summed E-state index contributed by atoms with van der Waals surface area (Å²) in [5, 5.41) is 2.99. The molecule has 20 heavy (non-hydrogen) atoms. The molecule has 1 unspecified atom stereocenters. The maximum Gasteiger partial charge on any atom is 0.230 e. The number of H-pyrrole nitrogens is 1. The highest BCUT2D eigenvalue weighted by molar-refractivity contribution is 9.10. The number of nitrogens with one attached hydrogen (secondary N) is 2. The Balaban J connectivity index is 1.84. The van der Waals surface area contributed by atoms with Crippen molar-refractivity contribution >= 4 is 33.6 Å². The maximum absolute atomic E-state index is 12.0. The van der Waals surface area contributed by atoms with Gasteiger partial charge < -0.3 is 10.3 Å². The van der Waals surface area contributed by atoms with Gasteiger partial charge in [0.15, 0.2) is 0 Å². The summed E-state index contributed by atoms with van der Waals surface area (Å²) in [5.74, 6) is 1.22. The third kappa shape index (κ3) is 4.38. The van der Waals surface area contributed by atoms with Crippen LogP contribution in [-0.2, 0) is 4.79 Å². The van der Waals surface area contributed by atoms with Crippen molar-refractivity contribution in [3.63, 3.8) is 0 Å². The van der Waals surface area contributed by atoms with Crippen LogP contribution < -0.4 is 5.32 Å². The van der Waals surface area contributed by atoms with Crippen LogP contribution in [0.4, 0.5) is 0 Å². The van der Waals surface area contributed by atoms with Gasteiger partial charge in [-0.1, -0.05) is 22.9 Å². The summed E-state index contributed by atoms with van der Waals surface area (Å²) in [6.07, 6.45) is 4.27. The fourth-order valence-electron chi connectivity index (χ4n) is 1.75. The Morgan fingerprint density at radius 1 is 1.45 bits per heavy atom. The molecule has 2 aromatic rings. The molecular weight excluding hydrogens is 338 g/mol. The lowest BCUT2D eigenvalue weighted by Gasteiger charge is -2.14. The van der Waals surface area contributed by atoms with E-state index in [1.165, 1.54) is 11.8 Å². The third-order valence-corrected chi connectivity index (χ3v) is 4.32. The third-order valence-electron chi connectivity index (χ3n) is 2.78. The first-order valence-electron chi connectivity index (χ1n) is 6.36. The SMILES string of the molecule is CCC(NC(=O)CSc1ccc(Br)cc1)c1ncc[nH]1. The van der Waals surface area contributed by atoms with Gasteiger partial charge in [-0.05, 0) is 30.7 Å². The lowest BCUT2D eigenvalue weighted by molar-refractivity contribution is -0.119. The van der Waals surface area contributed by atoms with E-state index in [9.17, 15) is 4.79 Å². The number of aromatic amines is 1. The summed E-state index contributed by atoms with van der Waals surface area (Å²) in [4.78, 5) is 20.3. The highest BCUT2D eigenvalue weighted by atomic mass is 79.9. The molecule has 6 heteroatoms. The monoisotopic (exact) mass is 353 g/mol. The van der Waals surface area contributed by atoms with Gasteiger partial charge in [-0.25, -0.2) is 4.98 Å². The zero-order valence-corrected chi connectivity index (χ0v) is 13.5. The normalized spacial score (nSPS) is 12.1. The zero-order valence-electron chi connectivity index (χ0n) is 11.1. The first-order chi connectivity index (χ1) is 9.69. The number of halogens is 1. The van der Waals surface area contributed by atoms with Crippen LogP contribution in [0.3, 0.4) is 0 Å². The van der Waals surface area contributed by atoms with E-state index in [1.807, 2.05) is 31.2 Å². The quantitative estimate of drug-likeness (QED) is 0.781. The van der Waals surface area contributed by atoms with E-state index in [-0.39, 0.29) is 11.9 Å². The average Bonchev–Trinajstić information content (AvgIpc) is 2.98. The van der Waals surface area contributed by atoms with E-state index >= 15 is 0 Å². The van der Waals surface area contributed by atoms with Crippen molar-refractivity contribution in [2.75, 3.05) is 5.75 Å².